The van der Waals surface area contributed by atoms with Gasteiger partial charge in [-0.2, -0.15) is 13.2 Å². The van der Waals surface area contributed by atoms with E-state index >= 15 is 0 Å². The first-order valence-electron chi connectivity index (χ1n) is 10.0. The van der Waals surface area contributed by atoms with Crippen molar-refractivity contribution in [3.63, 3.8) is 0 Å². The van der Waals surface area contributed by atoms with Gasteiger partial charge in [0.05, 0.1) is 11.6 Å². The Morgan fingerprint density at radius 1 is 1.13 bits per heavy atom. The number of hydrogen-bond donors (Lipinski definition) is 2. The zero-order valence-corrected chi connectivity index (χ0v) is 19.0. The third kappa shape index (κ3) is 3.69. The van der Waals surface area contributed by atoms with E-state index in [1.807, 2.05) is 19.9 Å². The molecule has 4 rings (SSSR count). The predicted molar refractivity (Wildman–Crippen MR) is 118 cm³/mol. The Labute approximate surface area is 187 Å². The van der Waals surface area contributed by atoms with Crippen molar-refractivity contribution in [2.75, 3.05) is 5.32 Å². The molecule has 2 N–H and O–H groups in total. The molecule has 0 bridgehead atoms. The topological polar surface area (TPSA) is 58.0 Å². The van der Waals surface area contributed by atoms with Gasteiger partial charge in [-0.25, -0.2) is 9.97 Å². The highest BCUT2D eigenvalue weighted by atomic mass is 79.9. The fourth-order valence-corrected chi connectivity index (χ4v) is 5.37. The highest BCUT2D eigenvalue weighted by molar-refractivity contribution is 9.10. The number of benzene rings is 2. The van der Waals surface area contributed by atoms with Gasteiger partial charge in [-0.15, -0.1) is 0 Å². The van der Waals surface area contributed by atoms with Crippen LogP contribution in [0.3, 0.4) is 0 Å². The molecule has 0 fully saturated rings. The van der Waals surface area contributed by atoms with Crippen LogP contribution in [-0.4, -0.2) is 26.9 Å². The number of aliphatic hydroxyl groups is 1. The molecule has 1 heterocycles. The van der Waals surface area contributed by atoms with Gasteiger partial charge < -0.3 is 10.4 Å². The third-order valence-corrected chi connectivity index (χ3v) is 6.84. The normalized spacial score (nSPS) is 23.3. The molecule has 1 aromatic heterocycles. The summed E-state index contributed by atoms with van der Waals surface area (Å²) in [5, 5.41) is 14.8. The first-order chi connectivity index (χ1) is 14.4. The molecule has 4 nitrogen and oxygen atoms in total. The lowest BCUT2D eigenvalue weighted by atomic mass is 9.79. The van der Waals surface area contributed by atoms with Crippen LogP contribution in [-0.2, 0) is 5.41 Å². The first-order valence-corrected chi connectivity index (χ1v) is 10.8. The number of hydrogen-bond acceptors (Lipinski definition) is 4. The zero-order valence-electron chi connectivity index (χ0n) is 17.4. The summed E-state index contributed by atoms with van der Waals surface area (Å²) in [7, 11) is 0. The predicted octanol–water partition coefficient (Wildman–Crippen LogP) is 6.22. The number of nitrogens with zero attached hydrogens (tertiary/aromatic N) is 2. The van der Waals surface area contributed by atoms with Gasteiger partial charge in [-0.3, -0.25) is 0 Å². The highest BCUT2D eigenvalue weighted by Crippen LogP contribution is 2.53. The van der Waals surface area contributed by atoms with Crippen molar-refractivity contribution in [1.29, 1.82) is 0 Å². The second-order valence-corrected chi connectivity index (χ2v) is 9.60. The van der Waals surface area contributed by atoms with E-state index in [0.29, 0.717) is 28.0 Å². The van der Waals surface area contributed by atoms with Gasteiger partial charge in [-0.05, 0) is 54.5 Å². The average Bonchev–Trinajstić information content (AvgIpc) is 2.77. The minimum absolute atomic E-state index is 0.175. The largest absolute Gasteiger partial charge is 0.419 e. The molecule has 0 saturated carbocycles. The Hall–Kier alpha value is -2.19. The number of fused-ring (bicyclic) bond motifs is 2. The summed E-state index contributed by atoms with van der Waals surface area (Å²) in [6.45, 7) is 5.57. The molecule has 0 radical (unpaired) electrons. The van der Waals surface area contributed by atoms with Gasteiger partial charge in [0.15, 0.2) is 5.60 Å². The molecule has 0 aliphatic heterocycles. The van der Waals surface area contributed by atoms with Crippen LogP contribution in [0.25, 0.3) is 10.9 Å². The van der Waals surface area contributed by atoms with Crippen molar-refractivity contribution in [3.8, 4) is 0 Å². The van der Waals surface area contributed by atoms with E-state index < -0.39 is 29.7 Å². The van der Waals surface area contributed by atoms with Crippen LogP contribution in [0.5, 0.6) is 0 Å². The maximum Gasteiger partial charge on any atom is 0.419 e. The van der Waals surface area contributed by atoms with E-state index in [9.17, 15) is 18.3 Å². The SMILES string of the molecule is Cc1ncc2c(NC3c4cccc(Br)c4C(C)(C)CCC3(O)C(F)(F)F)cccc2n1. The molecule has 0 amide bonds. The monoisotopic (exact) mass is 493 g/mol. The molecule has 3 aromatic rings. The Balaban J connectivity index is 1.95. The standard InChI is InChI=1S/C23H23BrF3N3O/c1-13-28-12-15-17(29-13)8-5-9-18(15)30-20-14-6-4-7-16(24)19(14)21(2,3)10-11-22(20,31)23(25,26)27/h4-9,12,20,30-31H,10-11H2,1-3H3. The molecule has 164 valence electrons. The molecule has 2 unspecified atom stereocenters. The van der Waals surface area contributed by atoms with Crippen LogP contribution < -0.4 is 5.32 Å². The second kappa shape index (κ2) is 7.45. The van der Waals surface area contributed by atoms with E-state index in [4.69, 9.17) is 0 Å². The quantitative estimate of drug-likeness (QED) is 0.416. The van der Waals surface area contributed by atoms with Gasteiger partial charge in [0.25, 0.3) is 0 Å². The molecular formula is C23H23BrF3N3O. The third-order valence-electron chi connectivity index (χ3n) is 6.18. The summed E-state index contributed by atoms with van der Waals surface area (Å²) in [4.78, 5) is 8.57. The minimum Gasteiger partial charge on any atom is -0.379 e. The van der Waals surface area contributed by atoms with Crippen molar-refractivity contribution >= 4 is 32.5 Å². The van der Waals surface area contributed by atoms with Crippen molar-refractivity contribution < 1.29 is 18.3 Å². The van der Waals surface area contributed by atoms with Gasteiger partial charge >= 0.3 is 6.18 Å². The van der Waals surface area contributed by atoms with Crippen molar-refractivity contribution in [2.24, 2.45) is 0 Å². The van der Waals surface area contributed by atoms with E-state index in [-0.39, 0.29) is 6.42 Å². The van der Waals surface area contributed by atoms with Crippen LogP contribution in [0, 0.1) is 6.92 Å². The Kier molecular flexibility index (Phi) is 5.29. The summed E-state index contributed by atoms with van der Waals surface area (Å²) < 4.78 is 43.8. The highest BCUT2D eigenvalue weighted by Gasteiger charge is 2.61. The molecule has 8 heteroatoms. The second-order valence-electron chi connectivity index (χ2n) is 8.74. The zero-order chi connectivity index (χ0) is 22.6. The van der Waals surface area contributed by atoms with Crippen LogP contribution in [0.15, 0.2) is 47.1 Å². The fraction of sp³-hybridized carbons (Fsp3) is 0.391. The fourth-order valence-electron chi connectivity index (χ4n) is 4.46. The van der Waals surface area contributed by atoms with Crippen LogP contribution >= 0.6 is 15.9 Å². The number of nitrogens with one attached hydrogen (secondary N) is 1. The summed E-state index contributed by atoms with van der Waals surface area (Å²) in [6.07, 6.45) is -3.49. The van der Waals surface area contributed by atoms with Crippen LogP contribution in [0.4, 0.5) is 18.9 Å². The number of alkyl halides is 3. The number of anilines is 1. The van der Waals surface area contributed by atoms with E-state index in [2.05, 4.69) is 31.2 Å². The summed E-state index contributed by atoms with van der Waals surface area (Å²) in [6, 6.07) is 8.97. The van der Waals surface area contributed by atoms with Gasteiger partial charge in [0.2, 0.25) is 0 Å². The molecule has 0 spiro atoms. The van der Waals surface area contributed by atoms with Crippen molar-refractivity contribution in [1.82, 2.24) is 9.97 Å². The molecule has 2 aromatic carbocycles. The first kappa shape index (κ1) is 22.0. The molecular weight excluding hydrogens is 471 g/mol. The molecule has 31 heavy (non-hydrogen) atoms. The molecule has 0 saturated heterocycles. The lowest BCUT2D eigenvalue weighted by Crippen LogP contribution is -2.52. The van der Waals surface area contributed by atoms with Crippen LogP contribution in [0.1, 0.15) is 49.7 Å². The summed E-state index contributed by atoms with van der Waals surface area (Å²) >= 11 is 3.53. The number of aromatic nitrogens is 2. The minimum atomic E-state index is -4.83. The van der Waals surface area contributed by atoms with Gasteiger partial charge in [0.1, 0.15) is 5.82 Å². The maximum absolute atomic E-state index is 14.3. The number of rotatable bonds is 2. The van der Waals surface area contributed by atoms with Crippen LogP contribution in [0.2, 0.25) is 0 Å². The van der Waals surface area contributed by atoms with Gasteiger partial charge in [-0.1, -0.05) is 48.0 Å². The number of aryl methyl sites for hydroxylation is 1. The maximum atomic E-state index is 14.3. The molecule has 1 aliphatic rings. The summed E-state index contributed by atoms with van der Waals surface area (Å²) in [5.74, 6) is 0.571. The Bertz CT molecular complexity index is 1150. The van der Waals surface area contributed by atoms with E-state index in [1.165, 1.54) is 0 Å². The average molecular weight is 494 g/mol. The summed E-state index contributed by atoms with van der Waals surface area (Å²) in [5.41, 5.74) is -1.28. The smallest absolute Gasteiger partial charge is 0.379 e. The van der Waals surface area contributed by atoms with E-state index in [0.717, 1.165) is 10.0 Å². The molecule has 1 aliphatic carbocycles. The Morgan fingerprint density at radius 2 is 1.84 bits per heavy atom. The lowest BCUT2D eigenvalue weighted by molar-refractivity contribution is -0.269. The van der Waals surface area contributed by atoms with Crippen molar-refractivity contribution in [3.05, 3.63) is 64.0 Å². The Morgan fingerprint density at radius 3 is 2.55 bits per heavy atom. The van der Waals surface area contributed by atoms with E-state index in [1.54, 1.807) is 43.5 Å². The molecule has 2 atom stereocenters. The number of halogens is 4. The van der Waals surface area contributed by atoms with Crippen molar-refractivity contribution in [2.45, 2.75) is 56.8 Å². The lowest BCUT2D eigenvalue weighted by Gasteiger charge is -2.38. The van der Waals surface area contributed by atoms with Gasteiger partial charge in [0, 0.05) is 21.7 Å².